The van der Waals surface area contributed by atoms with Gasteiger partial charge in [-0.1, -0.05) is 0 Å². The quantitative estimate of drug-likeness (QED) is 0.583. The Labute approximate surface area is 89.7 Å². The van der Waals surface area contributed by atoms with Crippen LogP contribution in [-0.4, -0.2) is 42.4 Å². The van der Waals surface area contributed by atoms with Crippen LogP contribution in [0.1, 0.15) is 0 Å². The second-order valence-electron chi connectivity index (χ2n) is 2.56. The van der Waals surface area contributed by atoms with Crippen LogP contribution < -0.4 is 0 Å². The van der Waals surface area contributed by atoms with Crippen LogP contribution in [0.2, 0.25) is 0 Å². The molecule has 0 amide bonds. The molecule has 0 radical (unpaired) electrons. The first-order valence-corrected chi connectivity index (χ1v) is 5.95. The third kappa shape index (κ3) is 2.21. The lowest BCUT2D eigenvalue weighted by Crippen LogP contribution is -2.63. The summed E-state index contributed by atoms with van der Waals surface area (Å²) in [6.07, 6.45) is -7.01. The van der Waals surface area contributed by atoms with Crippen molar-refractivity contribution in [2.45, 2.75) is 16.4 Å². The Morgan fingerprint density at radius 2 is 1.00 bits per heavy atom. The summed E-state index contributed by atoms with van der Waals surface area (Å²) in [5.41, 5.74) is 0. The van der Waals surface area contributed by atoms with Gasteiger partial charge in [0, 0.05) is 0 Å². The zero-order chi connectivity index (χ0) is 14.5. The zero-order valence-electron chi connectivity index (χ0n) is 7.11. The number of alkyl halides is 6. The van der Waals surface area contributed by atoms with Gasteiger partial charge in [0.15, 0.2) is 0 Å². The lowest BCUT2D eigenvalue weighted by atomic mass is 10.4. The third-order valence-electron chi connectivity index (χ3n) is 1.42. The lowest BCUT2D eigenvalue weighted by molar-refractivity contribution is -0.245. The fraction of sp³-hybridized carbons (Fsp3) is 1.00. The van der Waals surface area contributed by atoms with E-state index in [2.05, 4.69) is 0 Å². The van der Waals surface area contributed by atoms with Crippen LogP contribution in [0.3, 0.4) is 0 Å². The smallest absolute Gasteiger partial charge is 0.283 e. The van der Waals surface area contributed by atoms with Crippen LogP contribution in [0.25, 0.3) is 0 Å². The Morgan fingerprint density at radius 3 is 1.06 bits per heavy atom. The number of hydrogen-bond donors (Lipinski definition) is 2. The van der Waals surface area contributed by atoms with Crippen LogP contribution in [0, 0.1) is 0 Å². The molecule has 0 fully saturated rings. The number of rotatable bonds is 3. The fourth-order valence-corrected chi connectivity index (χ4v) is 2.30. The molecule has 0 aliphatic heterocycles. The average molecular weight is 312 g/mol. The molecule has 0 aromatic rings. The number of halogens is 6. The van der Waals surface area contributed by atoms with Gasteiger partial charge in [-0.05, 0) is 0 Å². The topological polar surface area (TPSA) is 109 Å². The maximum atomic E-state index is 12.8. The van der Waals surface area contributed by atoms with Crippen molar-refractivity contribution < 1.29 is 52.3 Å². The summed E-state index contributed by atoms with van der Waals surface area (Å²) in [6.45, 7) is 0. The largest absolute Gasteiger partial charge is 0.447 e. The van der Waals surface area contributed by atoms with E-state index < -0.39 is 36.7 Å². The standard InChI is InChI=1S/C3H2F6O6S2/c4-1(2(5,6)7,16(10,11)12)3(8,9)17(13,14)15/h(H,10,11,12)(H,13,14,15). The van der Waals surface area contributed by atoms with Crippen LogP contribution in [0.4, 0.5) is 26.3 Å². The van der Waals surface area contributed by atoms with E-state index in [0.717, 1.165) is 0 Å². The molecule has 0 saturated heterocycles. The van der Waals surface area contributed by atoms with E-state index in [4.69, 9.17) is 9.11 Å². The molecule has 0 heterocycles. The van der Waals surface area contributed by atoms with E-state index in [-0.39, 0.29) is 0 Å². The molecular weight excluding hydrogens is 310 g/mol. The van der Waals surface area contributed by atoms with Crippen molar-refractivity contribution in [1.82, 2.24) is 0 Å². The van der Waals surface area contributed by atoms with Gasteiger partial charge in [0.05, 0.1) is 0 Å². The molecule has 0 aliphatic rings. The Hall–Kier alpha value is -0.600. The van der Waals surface area contributed by atoms with E-state index in [0.29, 0.717) is 0 Å². The second-order valence-corrected chi connectivity index (χ2v) is 5.54. The molecule has 0 rings (SSSR count). The van der Waals surface area contributed by atoms with Crippen molar-refractivity contribution in [1.29, 1.82) is 0 Å². The molecule has 0 spiro atoms. The summed E-state index contributed by atoms with van der Waals surface area (Å²) < 4.78 is 129. The van der Waals surface area contributed by atoms with Crippen molar-refractivity contribution in [2.24, 2.45) is 0 Å². The summed E-state index contributed by atoms with van der Waals surface area (Å²) in [4.78, 5) is 0. The van der Waals surface area contributed by atoms with Crippen molar-refractivity contribution in [2.75, 3.05) is 0 Å². The first-order chi connectivity index (χ1) is 7.00. The summed E-state index contributed by atoms with van der Waals surface area (Å²) in [6, 6.07) is 0. The van der Waals surface area contributed by atoms with Gasteiger partial charge in [0.1, 0.15) is 0 Å². The van der Waals surface area contributed by atoms with Gasteiger partial charge in [0.25, 0.3) is 0 Å². The maximum Gasteiger partial charge on any atom is 0.447 e. The normalized spacial score (nSPS) is 18.8. The predicted octanol–water partition coefficient (Wildman–Crippen LogP) is 0.583. The molecule has 2 N–H and O–H groups in total. The van der Waals surface area contributed by atoms with Crippen LogP contribution >= 0.6 is 0 Å². The van der Waals surface area contributed by atoms with E-state index in [9.17, 15) is 43.2 Å². The fourth-order valence-electron chi connectivity index (χ4n) is 0.627. The van der Waals surface area contributed by atoms with Crippen LogP contribution in [0.5, 0.6) is 0 Å². The van der Waals surface area contributed by atoms with Gasteiger partial charge in [0.2, 0.25) is 0 Å². The van der Waals surface area contributed by atoms with Crippen molar-refractivity contribution in [3.63, 3.8) is 0 Å². The molecular formula is C3H2F6O6S2. The first-order valence-electron chi connectivity index (χ1n) is 3.07. The Kier molecular flexibility index (Phi) is 3.56. The lowest BCUT2D eigenvalue weighted by Gasteiger charge is -2.29. The van der Waals surface area contributed by atoms with Gasteiger partial charge in [-0.15, -0.1) is 0 Å². The molecule has 0 bridgehead atoms. The predicted molar refractivity (Wildman–Crippen MR) is 37.9 cm³/mol. The highest BCUT2D eigenvalue weighted by Crippen LogP contribution is 2.50. The Balaban J connectivity index is 6.45. The maximum absolute atomic E-state index is 12.8. The minimum atomic E-state index is -7.24. The van der Waals surface area contributed by atoms with Crippen molar-refractivity contribution >= 4 is 20.2 Å². The zero-order valence-corrected chi connectivity index (χ0v) is 8.74. The highest BCUT2D eigenvalue weighted by atomic mass is 32.2. The molecule has 0 aliphatic carbocycles. The van der Waals surface area contributed by atoms with E-state index in [1.54, 1.807) is 0 Å². The molecule has 14 heteroatoms. The molecule has 17 heavy (non-hydrogen) atoms. The molecule has 6 nitrogen and oxygen atoms in total. The Morgan fingerprint density at radius 1 is 0.706 bits per heavy atom. The van der Waals surface area contributed by atoms with Gasteiger partial charge in [-0.25, -0.2) is 4.39 Å². The van der Waals surface area contributed by atoms with Gasteiger partial charge < -0.3 is 0 Å². The SMILES string of the molecule is O=S(=O)(O)C(F)(F)C(F)(C(F)(F)F)S(=O)(=O)O. The highest BCUT2D eigenvalue weighted by molar-refractivity contribution is 7.91. The minimum Gasteiger partial charge on any atom is -0.283 e. The van der Waals surface area contributed by atoms with Crippen molar-refractivity contribution in [3.8, 4) is 0 Å². The molecule has 0 aromatic carbocycles. The minimum absolute atomic E-state index is 6.84. The third-order valence-corrected chi connectivity index (χ3v) is 3.68. The Bertz CT molecular complexity index is 502. The summed E-state index contributed by atoms with van der Waals surface area (Å²) in [5, 5.41) is -13.7. The summed E-state index contributed by atoms with van der Waals surface area (Å²) >= 11 is 0. The van der Waals surface area contributed by atoms with Crippen LogP contribution in [-0.2, 0) is 20.2 Å². The molecule has 1 atom stereocenters. The van der Waals surface area contributed by atoms with E-state index in [1.165, 1.54) is 0 Å². The molecule has 0 saturated carbocycles. The molecule has 1 unspecified atom stereocenters. The molecule has 0 aromatic heterocycles. The summed E-state index contributed by atoms with van der Waals surface area (Å²) in [5.74, 6) is 0. The van der Waals surface area contributed by atoms with E-state index >= 15 is 0 Å². The van der Waals surface area contributed by atoms with Crippen molar-refractivity contribution in [3.05, 3.63) is 0 Å². The summed E-state index contributed by atoms with van der Waals surface area (Å²) in [7, 11) is -14.3. The van der Waals surface area contributed by atoms with E-state index in [1.807, 2.05) is 0 Å². The average Bonchev–Trinajstić information content (AvgIpc) is 1.95. The first kappa shape index (κ1) is 16.4. The van der Waals surface area contributed by atoms with Gasteiger partial charge >= 0.3 is 36.7 Å². The monoisotopic (exact) mass is 312 g/mol. The second kappa shape index (κ2) is 3.69. The molecule has 104 valence electrons. The van der Waals surface area contributed by atoms with Gasteiger partial charge in [-0.3, -0.25) is 9.11 Å². The van der Waals surface area contributed by atoms with Gasteiger partial charge in [-0.2, -0.15) is 38.8 Å². The highest BCUT2D eigenvalue weighted by Gasteiger charge is 2.84. The van der Waals surface area contributed by atoms with Crippen LogP contribution in [0.15, 0.2) is 0 Å². The number of hydrogen-bond acceptors (Lipinski definition) is 4.